The largest absolute Gasteiger partial charge is 0.378 e. The molecule has 3 rings (SSSR count). The Bertz CT molecular complexity index is 290. The maximum absolute atomic E-state index is 6.05. The quantitative estimate of drug-likeness (QED) is 0.840. The summed E-state index contributed by atoms with van der Waals surface area (Å²) >= 11 is 0. The fourth-order valence-corrected chi connectivity index (χ4v) is 4.08. The van der Waals surface area contributed by atoms with Crippen molar-refractivity contribution in [2.75, 3.05) is 39.5 Å². The Labute approximate surface area is 116 Å². The Balaban J connectivity index is 1.58. The molecule has 3 heterocycles. The summed E-state index contributed by atoms with van der Waals surface area (Å²) in [6, 6.07) is 0.705. The lowest BCUT2D eigenvalue weighted by molar-refractivity contribution is -0.110. The second-order valence-corrected chi connectivity index (χ2v) is 6.56. The predicted octanol–water partition coefficient (Wildman–Crippen LogP) is 1.39. The van der Waals surface area contributed by atoms with Gasteiger partial charge < -0.3 is 15.2 Å². The van der Waals surface area contributed by atoms with Gasteiger partial charge in [0.1, 0.15) is 0 Å². The average molecular weight is 268 g/mol. The average Bonchev–Trinajstić information content (AvgIpc) is 2.87. The Hall–Kier alpha value is -0.160. The summed E-state index contributed by atoms with van der Waals surface area (Å²) in [7, 11) is 0. The van der Waals surface area contributed by atoms with Gasteiger partial charge >= 0.3 is 0 Å². The third kappa shape index (κ3) is 3.13. The van der Waals surface area contributed by atoms with Crippen LogP contribution in [-0.4, -0.2) is 56.0 Å². The van der Waals surface area contributed by atoms with Crippen molar-refractivity contribution in [2.24, 2.45) is 11.7 Å². The number of hydrogen-bond donors (Lipinski definition) is 1. The van der Waals surface area contributed by atoms with Crippen LogP contribution < -0.4 is 5.73 Å². The van der Waals surface area contributed by atoms with E-state index in [2.05, 4.69) is 4.90 Å². The van der Waals surface area contributed by atoms with Crippen LogP contribution in [0.2, 0.25) is 0 Å². The lowest BCUT2D eigenvalue weighted by Crippen LogP contribution is -2.51. The van der Waals surface area contributed by atoms with Crippen molar-refractivity contribution in [3.8, 4) is 0 Å². The van der Waals surface area contributed by atoms with E-state index in [1.807, 2.05) is 0 Å². The molecule has 0 amide bonds. The van der Waals surface area contributed by atoms with Crippen LogP contribution in [0.15, 0.2) is 0 Å². The number of nitrogens with two attached hydrogens (primary N) is 1. The van der Waals surface area contributed by atoms with Gasteiger partial charge in [0.15, 0.2) is 0 Å². The highest BCUT2D eigenvalue weighted by atomic mass is 16.6. The molecule has 3 saturated heterocycles. The minimum Gasteiger partial charge on any atom is -0.378 e. The van der Waals surface area contributed by atoms with E-state index in [1.54, 1.807) is 0 Å². The van der Waals surface area contributed by atoms with E-state index in [0.29, 0.717) is 6.04 Å². The standard InChI is InChI=1S/C15H28N2O2/c16-6-3-13-2-1-7-17(11-13)14-4-8-19-15(10-14)5-9-18-12-15/h13-14H,1-12,16H2. The maximum atomic E-state index is 6.05. The minimum absolute atomic E-state index is 0.0454. The normalized spacial score (nSPS) is 40.9. The van der Waals surface area contributed by atoms with Crippen LogP contribution in [-0.2, 0) is 9.47 Å². The third-order valence-corrected chi connectivity index (χ3v) is 5.18. The highest BCUT2D eigenvalue weighted by Gasteiger charge is 2.42. The van der Waals surface area contributed by atoms with Crippen LogP contribution in [0.25, 0.3) is 0 Å². The lowest BCUT2D eigenvalue weighted by Gasteiger charge is -2.45. The Morgan fingerprint density at radius 1 is 1.26 bits per heavy atom. The summed E-state index contributed by atoms with van der Waals surface area (Å²) in [5.41, 5.74) is 5.77. The summed E-state index contributed by atoms with van der Waals surface area (Å²) in [5.74, 6) is 0.817. The van der Waals surface area contributed by atoms with Crippen molar-refractivity contribution in [3.63, 3.8) is 0 Å². The first kappa shape index (κ1) is 13.8. The zero-order chi connectivity index (χ0) is 13.1. The summed E-state index contributed by atoms with van der Waals surface area (Å²) in [6.45, 7) is 5.95. The van der Waals surface area contributed by atoms with Crippen molar-refractivity contribution in [2.45, 2.75) is 50.2 Å². The molecule has 0 radical (unpaired) electrons. The topological polar surface area (TPSA) is 47.7 Å². The molecule has 3 aliphatic rings. The molecule has 0 aromatic heterocycles. The molecule has 4 nitrogen and oxygen atoms in total. The summed E-state index contributed by atoms with van der Waals surface area (Å²) in [5, 5.41) is 0. The number of rotatable bonds is 3. The van der Waals surface area contributed by atoms with Gasteiger partial charge in [0.05, 0.1) is 12.2 Å². The van der Waals surface area contributed by atoms with Gasteiger partial charge in [-0.1, -0.05) is 0 Å². The van der Waals surface area contributed by atoms with E-state index >= 15 is 0 Å². The first-order valence-electron chi connectivity index (χ1n) is 7.97. The lowest BCUT2D eigenvalue weighted by atomic mass is 9.86. The molecule has 0 aromatic rings. The molecule has 3 unspecified atom stereocenters. The molecule has 3 fully saturated rings. The summed E-state index contributed by atoms with van der Waals surface area (Å²) < 4.78 is 11.6. The van der Waals surface area contributed by atoms with Crippen LogP contribution in [0, 0.1) is 5.92 Å². The fraction of sp³-hybridized carbons (Fsp3) is 1.00. The number of piperidine rings is 1. The van der Waals surface area contributed by atoms with Crippen LogP contribution in [0.5, 0.6) is 0 Å². The van der Waals surface area contributed by atoms with Crippen LogP contribution >= 0.6 is 0 Å². The van der Waals surface area contributed by atoms with E-state index in [-0.39, 0.29) is 5.60 Å². The van der Waals surface area contributed by atoms with Crippen molar-refractivity contribution in [1.82, 2.24) is 4.90 Å². The molecule has 4 heteroatoms. The second-order valence-electron chi connectivity index (χ2n) is 6.56. The summed E-state index contributed by atoms with van der Waals surface area (Å²) in [4.78, 5) is 2.71. The zero-order valence-corrected chi connectivity index (χ0v) is 12.0. The molecule has 3 atom stereocenters. The van der Waals surface area contributed by atoms with E-state index < -0.39 is 0 Å². The van der Waals surface area contributed by atoms with E-state index in [0.717, 1.165) is 38.7 Å². The van der Waals surface area contributed by atoms with Gasteiger partial charge in [0.25, 0.3) is 0 Å². The third-order valence-electron chi connectivity index (χ3n) is 5.18. The molecule has 0 bridgehead atoms. The minimum atomic E-state index is 0.0454. The highest BCUT2D eigenvalue weighted by molar-refractivity contribution is 4.94. The number of nitrogens with zero attached hydrogens (tertiary/aromatic N) is 1. The van der Waals surface area contributed by atoms with Gasteiger partial charge in [-0.3, -0.25) is 4.90 Å². The molecule has 110 valence electrons. The second kappa shape index (κ2) is 6.08. The van der Waals surface area contributed by atoms with E-state index in [1.165, 1.54) is 45.2 Å². The molecule has 0 aromatic carbocycles. The number of ether oxygens (including phenoxy) is 2. The Kier molecular flexibility index (Phi) is 4.42. The molecule has 2 N–H and O–H groups in total. The monoisotopic (exact) mass is 268 g/mol. The van der Waals surface area contributed by atoms with Gasteiger partial charge in [0, 0.05) is 32.2 Å². The molecule has 0 saturated carbocycles. The van der Waals surface area contributed by atoms with Crippen molar-refractivity contribution in [3.05, 3.63) is 0 Å². The molecular weight excluding hydrogens is 240 g/mol. The zero-order valence-electron chi connectivity index (χ0n) is 12.0. The van der Waals surface area contributed by atoms with Crippen LogP contribution in [0.1, 0.15) is 38.5 Å². The van der Waals surface area contributed by atoms with Crippen molar-refractivity contribution >= 4 is 0 Å². The molecule has 19 heavy (non-hydrogen) atoms. The molecular formula is C15H28N2O2. The van der Waals surface area contributed by atoms with Crippen LogP contribution in [0.3, 0.4) is 0 Å². The van der Waals surface area contributed by atoms with Gasteiger partial charge in [-0.15, -0.1) is 0 Å². The molecule has 1 spiro atoms. The Morgan fingerprint density at radius 2 is 2.21 bits per heavy atom. The number of likely N-dealkylation sites (tertiary alicyclic amines) is 1. The van der Waals surface area contributed by atoms with E-state index in [9.17, 15) is 0 Å². The summed E-state index contributed by atoms with van der Waals surface area (Å²) in [6.07, 6.45) is 7.34. The maximum Gasteiger partial charge on any atom is 0.0951 e. The number of hydrogen-bond acceptors (Lipinski definition) is 4. The van der Waals surface area contributed by atoms with Crippen molar-refractivity contribution < 1.29 is 9.47 Å². The predicted molar refractivity (Wildman–Crippen MR) is 75.1 cm³/mol. The molecule has 3 aliphatic heterocycles. The SMILES string of the molecule is NCCC1CCCN(C2CCOC3(CCOC3)C2)C1. The van der Waals surface area contributed by atoms with E-state index in [4.69, 9.17) is 15.2 Å². The highest BCUT2D eigenvalue weighted by Crippen LogP contribution is 2.36. The molecule has 0 aliphatic carbocycles. The van der Waals surface area contributed by atoms with Crippen molar-refractivity contribution in [1.29, 1.82) is 0 Å². The van der Waals surface area contributed by atoms with Crippen LogP contribution in [0.4, 0.5) is 0 Å². The van der Waals surface area contributed by atoms with Gasteiger partial charge in [-0.05, 0) is 51.1 Å². The van der Waals surface area contributed by atoms with Gasteiger partial charge in [-0.2, -0.15) is 0 Å². The first-order valence-corrected chi connectivity index (χ1v) is 7.97. The first-order chi connectivity index (χ1) is 9.31. The Morgan fingerprint density at radius 3 is 3.00 bits per heavy atom. The van der Waals surface area contributed by atoms with Gasteiger partial charge in [0.2, 0.25) is 0 Å². The van der Waals surface area contributed by atoms with Gasteiger partial charge in [-0.25, -0.2) is 0 Å². The smallest absolute Gasteiger partial charge is 0.0951 e. The fourth-order valence-electron chi connectivity index (χ4n) is 4.08.